The van der Waals surface area contributed by atoms with Crippen LogP contribution in [0.15, 0.2) is 72.4 Å². The van der Waals surface area contributed by atoms with E-state index in [0.717, 1.165) is 16.0 Å². The van der Waals surface area contributed by atoms with Crippen molar-refractivity contribution in [3.63, 3.8) is 0 Å². The molecule has 156 valence electrons. The standard InChI is InChI=1S/C25H21FN2O3/c1-15-7-12-19(13-16(15)2)27-23-22(17-8-10-18(26)11-9-17)24(29)28(25(23)30)20-5-4-6-21(14-20)31-3/h4-14,27H,1-3H3. The molecule has 0 unspecified atom stereocenters. The molecule has 1 aliphatic heterocycles. The number of hydrogen-bond acceptors (Lipinski definition) is 4. The normalized spacial score (nSPS) is 13.7. The highest BCUT2D eigenvalue weighted by molar-refractivity contribution is 6.46. The molecule has 3 aromatic rings. The Balaban J connectivity index is 1.82. The van der Waals surface area contributed by atoms with Crippen molar-refractivity contribution in [1.29, 1.82) is 0 Å². The predicted molar refractivity (Wildman–Crippen MR) is 118 cm³/mol. The van der Waals surface area contributed by atoms with Crippen LogP contribution in [0.2, 0.25) is 0 Å². The van der Waals surface area contributed by atoms with Crippen molar-refractivity contribution in [3.8, 4) is 5.75 Å². The highest BCUT2D eigenvalue weighted by Gasteiger charge is 2.40. The van der Waals surface area contributed by atoms with Crippen molar-refractivity contribution in [2.24, 2.45) is 0 Å². The quantitative estimate of drug-likeness (QED) is 0.604. The van der Waals surface area contributed by atoms with Crippen LogP contribution in [0.25, 0.3) is 5.57 Å². The summed E-state index contributed by atoms with van der Waals surface area (Å²) in [5, 5.41) is 3.12. The summed E-state index contributed by atoms with van der Waals surface area (Å²) in [4.78, 5) is 27.9. The first-order valence-corrected chi connectivity index (χ1v) is 9.76. The highest BCUT2D eigenvalue weighted by Crippen LogP contribution is 2.35. The number of rotatable bonds is 5. The van der Waals surface area contributed by atoms with E-state index in [1.54, 1.807) is 24.3 Å². The Hall–Kier alpha value is -3.93. The minimum absolute atomic E-state index is 0.141. The van der Waals surface area contributed by atoms with Gasteiger partial charge in [-0.2, -0.15) is 0 Å². The molecule has 0 fully saturated rings. The van der Waals surface area contributed by atoms with Gasteiger partial charge in [0.1, 0.15) is 17.3 Å². The fourth-order valence-corrected chi connectivity index (χ4v) is 3.48. The van der Waals surface area contributed by atoms with Crippen molar-refractivity contribution >= 4 is 28.8 Å². The molecule has 6 heteroatoms. The molecule has 0 spiro atoms. The van der Waals surface area contributed by atoms with Gasteiger partial charge in [-0.3, -0.25) is 9.59 Å². The Morgan fingerprint density at radius 3 is 2.29 bits per heavy atom. The second-order valence-electron chi connectivity index (χ2n) is 7.33. The zero-order chi connectivity index (χ0) is 22.1. The zero-order valence-electron chi connectivity index (χ0n) is 17.4. The zero-order valence-corrected chi connectivity index (χ0v) is 17.4. The molecule has 0 aromatic heterocycles. The molecule has 1 heterocycles. The van der Waals surface area contributed by atoms with E-state index >= 15 is 0 Å². The average Bonchev–Trinajstić information content (AvgIpc) is 3.01. The van der Waals surface area contributed by atoms with Gasteiger partial charge in [0.15, 0.2) is 0 Å². The van der Waals surface area contributed by atoms with Crippen LogP contribution in [-0.2, 0) is 9.59 Å². The Morgan fingerprint density at radius 1 is 0.871 bits per heavy atom. The van der Waals surface area contributed by atoms with Crippen molar-refractivity contribution < 1.29 is 18.7 Å². The van der Waals surface area contributed by atoms with Crippen LogP contribution in [0.4, 0.5) is 15.8 Å². The number of nitrogens with zero attached hydrogens (tertiary/aromatic N) is 1. The van der Waals surface area contributed by atoms with Gasteiger partial charge in [-0.05, 0) is 66.9 Å². The van der Waals surface area contributed by atoms with E-state index in [1.807, 2.05) is 32.0 Å². The molecule has 5 nitrogen and oxygen atoms in total. The number of hydrogen-bond donors (Lipinski definition) is 1. The van der Waals surface area contributed by atoms with Crippen molar-refractivity contribution in [2.45, 2.75) is 13.8 Å². The molecule has 0 atom stereocenters. The van der Waals surface area contributed by atoms with E-state index < -0.39 is 17.6 Å². The first-order chi connectivity index (χ1) is 14.9. The van der Waals surface area contributed by atoms with Crippen LogP contribution in [0.3, 0.4) is 0 Å². The number of imide groups is 1. The molecule has 0 radical (unpaired) electrons. The average molecular weight is 416 g/mol. The summed E-state index contributed by atoms with van der Waals surface area (Å²) in [7, 11) is 1.52. The van der Waals surface area contributed by atoms with Gasteiger partial charge in [-0.1, -0.05) is 24.3 Å². The Bertz CT molecular complexity index is 1220. The summed E-state index contributed by atoms with van der Waals surface area (Å²) < 4.78 is 18.7. The number of anilines is 2. The third-order valence-corrected chi connectivity index (χ3v) is 5.30. The van der Waals surface area contributed by atoms with Gasteiger partial charge in [0.05, 0.1) is 18.4 Å². The molecular formula is C25H21FN2O3. The number of carbonyl (C=O) groups excluding carboxylic acids is 2. The van der Waals surface area contributed by atoms with E-state index in [1.165, 1.54) is 31.4 Å². The number of benzene rings is 3. The number of aryl methyl sites for hydroxylation is 2. The molecule has 4 rings (SSSR count). The number of ether oxygens (including phenoxy) is 1. The fourth-order valence-electron chi connectivity index (χ4n) is 3.48. The summed E-state index contributed by atoms with van der Waals surface area (Å²) in [5.74, 6) is -0.876. The maximum Gasteiger partial charge on any atom is 0.282 e. The number of amides is 2. The minimum atomic E-state index is -0.490. The van der Waals surface area contributed by atoms with Crippen LogP contribution in [0.1, 0.15) is 16.7 Å². The van der Waals surface area contributed by atoms with E-state index in [0.29, 0.717) is 22.7 Å². The number of methoxy groups -OCH3 is 1. The van der Waals surface area contributed by atoms with E-state index in [-0.39, 0.29) is 11.3 Å². The number of nitrogens with one attached hydrogen (secondary N) is 1. The SMILES string of the molecule is COc1cccc(N2C(=O)C(Nc3ccc(C)c(C)c3)=C(c3ccc(F)cc3)C2=O)c1. The maximum absolute atomic E-state index is 13.5. The van der Waals surface area contributed by atoms with E-state index in [4.69, 9.17) is 4.74 Å². The highest BCUT2D eigenvalue weighted by atomic mass is 19.1. The molecule has 0 saturated heterocycles. The summed E-state index contributed by atoms with van der Waals surface area (Å²) in [6, 6.07) is 18.0. The lowest BCUT2D eigenvalue weighted by atomic mass is 10.0. The smallest absolute Gasteiger partial charge is 0.282 e. The Labute approximate surface area is 179 Å². The third kappa shape index (κ3) is 3.80. The maximum atomic E-state index is 13.5. The van der Waals surface area contributed by atoms with Crippen LogP contribution in [-0.4, -0.2) is 18.9 Å². The van der Waals surface area contributed by atoms with Gasteiger partial charge in [-0.25, -0.2) is 9.29 Å². The lowest BCUT2D eigenvalue weighted by Gasteiger charge is -2.16. The van der Waals surface area contributed by atoms with Gasteiger partial charge >= 0.3 is 0 Å². The summed E-state index contributed by atoms with van der Waals surface area (Å²) in [6.07, 6.45) is 0. The first-order valence-electron chi connectivity index (χ1n) is 9.76. The second-order valence-corrected chi connectivity index (χ2v) is 7.33. The monoisotopic (exact) mass is 416 g/mol. The van der Waals surface area contributed by atoms with Crippen LogP contribution in [0.5, 0.6) is 5.75 Å². The molecule has 1 aliphatic rings. The Kier molecular flexibility index (Phi) is 5.29. The van der Waals surface area contributed by atoms with Gasteiger partial charge in [0.25, 0.3) is 11.8 Å². The van der Waals surface area contributed by atoms with Crippen LogP contribution in [0, 0.1) is 19.7 Å². The predicted octanol–water partition coefficient (Wildman–Crippen LogP) is 4.85. The molecule has 31 heavy (non-hydrogen) atoms. The second kappa shape index (κ2) is 8.07. The lowest BCUT2D eigenvalue weighted by Crippen LogP contribution is -2.32. The van der Waals surface area contributed by atoms with Crippen molar-refractivity contribution in [3.05, 3.63) is 94.9 Å². The fraction of sp³-hybridized carbons (Fsp3) is 0.120. The molecular weight excluding hydrogens is 395 g/mol. The molecule has 0 aliphatic carbocycles. The molecule has 0 bridgehead atoms. The Morgan fingerprint density at radius 2 is 1.61 bits per heavy atom. The molecule has 3 aromatic carbocycles. The summed E-state index contributed by atoms with van der Waals surface area (Å²) >= 11 is 0. The van der Waals surface area contributed by atoms with Crippen molar-refractivity contribution in [2.75, 3.05) is 17.3 Å². The molecule has 1 N–H and O–H groups in total. The molecule has 2 amide bonds. The lowest BCUT2D eigenvalue weighted by molar-refractivity contribution is -0.120. The van der Waals surface area contributed by atoms with Crippen LogP contribution >= 0.6 is 0 Å². The van der Waals surface area contributed by atoms with E-state index in [9.17, 15) is 14.0 Å². The van der Waals surface area contributed by atoms with Crippen LogP contribution < -0.4 is 15.0 Å². The first kappa shape index (κ1) is 20.3. The largest absolute Gasteiger partial charge is 0.497 e. The minimum Gasteiger partial charge on any atom is -0.497 e. The van der Waals surface area contributed by atoms with Gasteiger partial charge in [0, 0.05) is 11.8 Å². The van der Waals surface area contributed by atoms with Gasteiger partial charge in [-0.15, -0.1) is 0 Å². The topological polar surface area (TPSA) is 58.6 Å². The van der Waals surface area contributed by atoms with Gasteiger partial charge < -0.3 is 10.1 Å². The van der Waals surface area contributed by atoms with Gasteiger partial charge in [0.2, 0.25) is 0 Å². The number of halogens is 1. The number of carbonyl (C=O) groups is 2. The third-order valence-electron chi connectivity index (χ3n) is 5.30. The summed E-state index contributed by atoms with van der Waals surface area (Å²) in [5.41, 5.74) is 4.03. The van der Waals surface area contributed by atoms with E-state index in [2.05, 4.69) is 5.32 Å². The summed E-state index contributed by atoms with van der Waals surface area (Å²) in [6.45, 7) is 3.97. The van der Waals surface area contributed by atoms with Crippen molar-refractivity contribution in [1.82, 2.24) is 0 Å². The molecule has 0 saturated carbocycles.